The van der Waals surface area contributed by atoms with Crippen molar-refractivity contribution in [3.05, 3.63) is 127 Å². The zero-order valence-corrected chi connectivity index (χ0v) is 24.7. The van der Waals surface area contributed by atoms with Crippen LogP contribution < -0.4 is 19.6 Å². The van der Waals surface area contributed by atoms with Crippen LogP contribution in [0.25, 0.3) is 22.7 Å². The predicted octanol–water partition coefficient (Wildman–Crippen LogP) is 6.43. The summed E-state index contributed by atoms with van der Waals surface area (Å²) in [5.41, 5.74) is 7.92. The number of nitrogens with zero attached hydrogens (tertiary/aromatic N) is 3. The maximum absolute atomic E-state index is 14.3. The fourth-order valence-corrected chi connectivity index (χ4v) is 7.24. The third-order valence-corrected chi connectivity index (χ3v) is 9.11. The second-order valence-corrected chi connectivity index (χ2v) is 12.8. The number of fused-ring (bicyclic) bond motifs is 4. The fraction of sp³-hybridized carbons (Fsp3) is 0.257. The number of aromatic nitrogens is 2. The first-order valence-corrected chi connectivity index (χ1v) is 15.1. The molecule has 1 aliphatic heterocycles. The van der Waals surface area contributed by atoms with Crippen LogP contribution in [0.2, 0.25) is 0 Å². The van der Waals surface area contributed by atoms with E-state index in [1.807, 2.05) is 23.6 Å². The highest BCUT2D eigenvalue weighted by Crippen LogP contribution is 2.41. The second kappa shape index (κ2) is 9.74. The minimum Gasteiger partial charge on any atom is -0.494 e. The second-order valence-electron chi connectivity index (χ2n) is 11.8. The van der Waals surface area contributed by atoms with Crippen molar-refractivity contribution in [3.63, 3.8) is 0 Å². The van der Waals surface area contributed by atoms with Crippen LogP contribution in [0.3, 0.4) is 0 Å². The van der Waals surface area contributed by atoms with Crippen molar-refractivity contribution < 1.29 is 4.74 Å². The molecule has 1 aliphatic carbocycles. The summed E-state index contributed by atoms with van der Waals surface area (Å²) >= 11 is 1.48. The van der Waals surface area contributed by atoms with Crippen LogP contribution >= 0.6 is 11.3 Å². The highest BCUT2D eigenvalue weighted by Gasteiger charge is 2.32. The molecule has 7 rings (SSSR count). The number of para-hydroxylation sites is 1. The van der Waals surface area contributed by atoms with Crippen molar-refractivity contribution in [2.24, 2.45) is 4.99 Å². The number of rotatable bonds is 4. The molecule has 1 unspecified atom stereocenters. The van der Waals surface area contributed by atoms with Crippen molar-refractivity contribution in [3.8, 4) is 5.75 Å². The molecular formula is C35H33N3O2S. The van der Waals surface area contributed by atoms with Gasteiger partial charge in [0, 0.05) is 33.8 Å². The van der Waals surface area contributed by atoms with E-state index >= 15 is 0 Å². The van der Waals surface area contributed by atoms with Gasteiger partial charge in [0.05, 0.1) is 22.9 Å². The van der Waals surface area contributed by atoms with Crippen molar-refractivity contribution in [1.29, 1.82) is 0 Å². The van der Waals surface area contributed by atoms with E-state index in [-0.39, 0.29) is 17.1 Å². The summed E-state index contributed by atoms with van der Waals surface area (Å²) in [6.07, 6.45) is 6.04. The molecule has 1 atom stereocenters. The Bertz CT molecular complexity index is 2020. The normalized spacial score (nSPS) is 16.8. The summed E-state index contributed by atoms with van der Waals surface area (Å²) in [7, 11) is 0. The lowest BCUT2D eigenvalue weighted by molar-refractivity contribution is 0.340. The lowest BCUT2D eigenvalue weighted by Crippen LogP contribution is -2.38. The minimum absolute atomic E-state index is 0.00522. The van der Waals surface area contributed by atoms with Crippen molar-refractivity contribution in [2.45, 2.75) is 52.1 Å². The molecule has 0 fully saturated rings. The smallest absolute Gasteiger partial charge is 0.271 e. The molecule has 3 heterocycles. The van der Waals surface area contributed by atoms with Gasteiger partial charge >= 0.3 is 0 Å². The van der Waals surface area contributed by atoms with E-state index in [9.17, 15) is 4.79 Å². The number of hydrogen-bond donors (Lipinski definition) is 0. The molecular weight excluding hydrogens is 526 g/mol. The largest absolute Gasteiger partial charge is 0.494 e. The van der Waals surface area contributed by atoms with Crippen LogP contribution in [-0.2, 0) is 12.0 Å². The highest BCUT2D eigenvalue weighted by atomic mass is 32.1. The molecule has 206 valence electrons. The quantitative estimate of drug-likeness (QED) is 0.255. The van der Waals surface area contributed by atoms with Gasteiger partial charge in [0.15, 0.2) is 4.80 Å². The Labute approximate surface area is 243 Å². The molecule has 0 amide bonds. The first-order chi connectivity index (χ1) is 19.8. The number of benzene rings is 3. The average Bonchev–Trinajstić information content (AvgIpc) is 3.50. The summed E-state index contributed by atoms with van der Waals surface area (Å²) in [5.74, 6) is 0.835. The van der Waals surface area contributed by atoms with Gasteiger partial charge in [-0.2, -0.15) is 0 Å². The summed E-state index contributed by atoms with van der Waals surface area (Å²) in [6.45, 7) is 9.22. The molecule has 41 heavy (non-hydrogen) atoms. The van der Waals surface area contributed by atoms with Gasteiger partial charge in [0.2, 0.25) is 0 Å². The van der Waals surface area contributed by atoms with E-state index in [1.54, 1.807) is 0 Å². The zero-order valence-electron chi connectivity index (χ0n) is 23.8. The van der Waals surface area contributed by atoms with Crippen molar-refractivity contribution in [1.82, 2.24) is 9.13 Å². The number of ether oxygens (including phenoxy) is 1. The fourth-order valence-electron chi connectivity index (χ4n) is 6.25. The Kier molecular flexibility index (Phi) is 6.12. The van der Waals surface area contributed by atoms with Crippen molar-refractivity contribution in [2.75, 3.05) is 6.61 Å². The number of aryl methyl sites for hydroxylation is 1. The van der Waals surface area contributed by atoms with E-state index in [1.165, 1.54) is 33.6 Å². The molecule has 2 aromatic heterocycles. The molecule has 0 N–H and O–H groups in total. The molecule has 0 radical (unpaired) electrons. The van der Waals surface area contributed by atoms with Crippen molar-refractivity contribution >= 4 is 34.0 Å². The van der Waals surface area contributed by atoms with Crippen LogP contribution in [0.1, 0.15) is 62.4 Å². The van der Waals surface area contributed by atoms with E-state index in [2.05, 4.69) is 98.3 Å². The summed E-state index contributed by atoms with van der Waals surface area (Å²) in [4.78, 5) is 20.2. The van der Waals surface area contributed by atoms with Crippen LogP contribution in [-0.4, -0.2) is 15.7 Å². The molecule has 5 nitrogen and oxygen atoms in total. The first-order valence-electron chi connectivity index (χ1n) is 14.3. The van der Waals surface area contributed by atoms with Gasteiger partial charge in [-0.3, -0.25) is 9.36 Å². The Hall–Kier alpha value is -4.16. The van der Waals surface area contributed by atoms with Crippen LogP contribution in [0.4, 0.5) is 0 Å². The van der Waals surface area contributed by atoms with Gasteiger partial charge in [-0.25, -0.2) is 4.99 Å². The van der Waals surface area contributed by atoms with Gasteiger partial charge in [0.25, 0.3) is 5.56 Å². The van der Waals surface area contributed by atoms with Gasteiger partial charge in [-0.1, -0.05) is 65.9 Å². The highest BCUT2D eigenvalue weighted by molar-refractivity contribution is 7.07. The molecule has 2 aliphatic rings. The molecule has 3 aromatic carbocycles. The van der Waals surface area contributed by atoms with E-state index < -0.39 is 0 Å². The minimum atomic E-state index is -0.205. The Morgan fingerprint density at radius 2 is 1.76 bits per heavy atom. The predicted molar refractivity (Wildman–Crippen MR) is 167 cm³/mol. The molecule has 5 aromatic rings. The van der Waals surface area contributed by atoms with E-state index in [0.29, 0.717) is 11.1 Å². The Morgan fingerprint density at radius 3 is 2.54 bits per heavy atom. The number of thiazole rings is 1. The van der Waals surface area contributed by atoms with Crippen LogP contribution in [0, 0.1) is 0 Å². The molecule has 0 saturated heterocycles. The van der Waals surface area contributed by atoms with E-state index in [4.69, 9.17) is 9.73 Å². The molecule has 0 spiro atoms. The third kappa shape index (κ3) is 4.29. The summed E-state index contributed by atoms with van der Waals surface area (Å²) in [5, 5.41) is 1.14. The third-order valence-electron chi connectivity index (χ3n) is 8.13. The summed E-state index contributed by atoms with van der Waals surface area (Å²) in [6, 6.07) is 25.0. The Balaban J connectivity index is 1.46. The summed E-state index contributed by atoms with van der Waals surface area (Å²) < 4.78 is 10.6. The average molecular weight is 560 g/mol. The zero-order chi connectivity index (χ0) is 28.3. The van der Waals surface area contributed by atoms with Gasteiger partial charge < -0.3 is 9.30 Å². The van der Waals surface area contributed by atoms with Gasteiger partial charge in [-0.15, -0.1) is 0 Å². The maximum atomic E-state index is 14.3. The lowest BCUT2D eigenvalue weighted by Gasteiger charge is -2.30. The number of allylic oxidation sites excluding steroid dienone is 1. The number of hydrogen-bond acceptors (Lipinski definition) is 4. The molecule has 0 bridgehead atoms. The Morgan fingerprint density at radius 1 is 1.00 bits per heavy atom. The monoisotopic (exact) mass is 559 g/mol. The maximum Gasteiger partial charge on any atom is 0.271 e. The van der Waals surface area contributed by atoms with Gasteiger partial charge in [-0.05, 0) is 81.5 Å². The standard InChI is InChI=1S/C35H33N3O2S/c1-5-40-25-17-14-23(15-18-25)32-28-19-16-22-10-6-7-12-27(22)31(28)36-34-38(32)33(39)30(41-34)20-24-21-37(35(2,3)4)29-13-9-8-11-26(24)29/h6-15,17-18,20-21,32H,5,16,19H2,1-4H3/b30-20-. The molecule has 0 saturated carbocycles. The molecule has 6 heteroatoms. The first kappa shape index (κ1) is 25.8. The van der Waals surface area contributed by atoms with E-state index in [0.717, 1.165) is 45.6 Å². The van der Waals surface area contributed by atoms with Crippen LogP contribution in [0.15, 0.2) is 94.4 Å². The lowest BCUT2D eigenvalue weighted by atomic mass is 9.83. The SMILES string of the molecule is CCOc1ccc(C2C3=C(N=c4s/c(=C\c5cn(C(C)(C)C)c6ccccc56)c(=O)n42)c2ccccc2CC3)cc1. The topological polar surface area (TPSA) is 48.5 Å². The van der Waals surface area contributed by atoms with Crippen LogP contribution in [0.5, 0.6) is 5.75 Å². The van der Waals surface area contributed by atoms with Gasteiger partial charge in [0.1, 0.15) is 5.75 Å².